The summed E-state index contributed by atoms with van der Waals surface area (Å²) in [5.41, 5.74) is 1.23. The Morgan fingerprint density at radius 2 is 1.88 bits per heavy atom. The van der Waals surface area contributed by atoms with Crippen LogP contribution in [-0.4, -0.2) is 22.6 Å². The van der Waals surface area contributed by atoms with Gasteiger partial charge in [0.25, 0.3) is 0 Å². The van der Waals surface area contributed by atoms with Crippen molar-refractivity contribution >= 4 is 11.8 Å². The summed E-state index contributed by atoms with van der Waals surface area (Å²) >= 11 is 0. The number of Topliss-reactive ketones (excluding diaryl/α,β-unsaturated/α-hetero) is 1. The lowest BCUT2D eigenvalue weighted by Gasteiger charge is -2.57. The van der Waals surface area contributed by atoms with Crippen molar-refractivity contribution in [3.63, 3.8) is 0 Å². The van der Waals surface area contributed by atoms with Gasteiger partial charge in [-0.3, -0.25) is 9.59 Å². The largest absolute Gasteiger partial charge is 0.433 e. The van der Waals surface area contributed by atoms with Crippen LogP contribution in [0.25, 0.3) is 0 Å². The molecular weight excluding hydrogens is 316 g/mol. The van der Waals surface area contributed by atoms with Crippen molar-refractivity contribution in [1.82, 2.24) is 0 Å². The molecule has 0 aliphatic heterocycles. The molecule has 138 valence electrons. The number of aliphatic hydroxyl groups is 1. The molecule has 25 heavy (non-hydrogen) atoms. The van der Waals surface area contributed by atoms with Gasteiger partial charge >= 0.3 is 5.97 Å². The van der Waals surface area contributed by atoms with Crippen molar-refractivity contribution < 1.29 is 19.4 Å². The van der Waals surface area contributed by atoms with Gasteiger partial charge in [0.05, 0.1) is 0 Å². The van der Waals surface area contributed by atoms with Crippen molar-refractivity contribution in [2.75, 3.05) is 0 Å². The second kappa shape index (κ2) is 5.42. The maximum Gasteiger partial charge on any atom is 0.305 e. The Morgan fingerprint density at radius 1 is 1.16 bits per heavy atom. The van der Waals surface area contributed by atoms with Crippen molar-refractivity contribution in [3.8, 4) is 0 Å². The molecule has 6 atom stereocenters. The molecule has 4 rings (SSSR count). The van der Waals surface area contributed by atoms with Crippen LogP contribution in [0.5, 0.6) is 0 Å². The minimum atomic E-state index is -1.34. The molecule has 0 aromatic rings. The number of hydrogen-bond acceptors (Lipinski definition) is 4. The Hall–Kier alpha value is -1.16. The van der Waals surface area contributed by atoms with Gasteiger partial charge in [0.15, 0.2) is 0 Å². The summed E-state index contributed by atoms with van der Waals surface area (Å²) in [5, 5.41) is 10.7. The maximum atomic E-state index is 12.5. The number of ether oxygens (including phenoxy) is 1. The summed E-state index contributed by atoms with van der Waals surface area (Å²) in [5.74, 6) is 0.401. The van der Waals surface area contributed by atoms with Crippen molar-refractivity contribution in [1.29, 1.82) is 0 Å². The van der Waals surface area contributed by atoms with Gasteiger partial charge in [-0.25, -0.2) is 0 Å². The third kappa shape index (κ3) is 2.43. The summed E-state index contributed by atoms with van der Waals surface area (Å²) in [7, 11) is 0. The Balaban J connectivity index is 1.62. The summed E-state index contributed by atoms with van der Waals surface area (Å²) in [4.78, 5) is 23.8. The molecular formula is C21H30O4. The van der Waals surface area contributed by atoms with E-state index in [9.17, 15) is 14.7 Å². The SMILES string of the molecule is CC(=O)O[C@]1(O)CC[C@@]2(C)C(=CC[C@@H]3[C@@H]2CC[C@]2(C)C(=O)CC[C@@H]32)C1. The first-order chi connectivity index (χ1) is 11.7. The second-order valence-corrected chi connectivity index (χ2v) is 9.39. The molecule has 0 amide bonds. The lowest BCUT2D eigenvalue weighted by Crippen LogP contribution is -2.52. The van der Waals surface area contributed by atoms with Crippen LogP contribution in [-0.2, 0) is 14.3 Å². The highest BCUT2D eigenvalue weighted by Crippen LogP contribution is 2.64. The fraction of sp³-hybridized carbons (Fsp3) is 0.810. The molecule has 4 nitrogen and oxygen atoms in total. The maximum absolute atomic E-state index is 12.5. The van der Waals surface area contributed by atoms with Crippen LogP contribution < -0.4 is 0 Å². The zero-order valence-corrected chi connectivity index (χ0v) is 15.6. The molecule has 0 aromatic heterocycles. The Kier molecular flexibility index (Phi) is 3.74. The minimum absolute atomic E-state index is 0.0717. The Labute approximate surface area is 150 Å². The third-order valence-corrected chi connectivity index (χ3v) is 8.17. The van der Waals surface area contributed by atoms with Crippen LogP contribution >= 0.6 is 0 Å². The summed E-state index contributed by atoms with van der Waals surface area (Å²) in [6.07, 6.45) is 9.00. The van der Waals surface area contributed by atoms with Crippen LogP contribution in [0.1, 0.15) is 72.1 Å². The zero-order valence-electron chi connectivity index (χ0n) is 15.6. The van der Waals surface area contributed by atoms with Gasteiger partial charge in [-0.15, -0.1) is 0 Å². The van der Waals surface area contributed by atoms with Crippen LogP contribution in [0.15, 0.2) is 11.6 Å². The number of rotatable bonds is 1. The lowest BCUT2D eigenvalue weighted by atomic mass is 9.48. The smallest absolute Gasteiger partial charge is 0.305 e. The van der Waals surface area contributed by atoms with Crippen LogP contribution in [0.3, 0.4) is 0 Å². The molecule has 0 spiro atoms. The van der Waals surface area contributed by atoms with Crippen molar-refractivity contribution in [2.45, 2.75) is 77.9 Å². The number of esters is 1. The first kappa shape index (κ1) is 17.3. The number of carbonyl (C=O) groups excluding carboxylic acids is 2. The number of hydrogen-bond donors (Lipinski definition) is 1. The molecule has 0 unspecified atom stereocenters. The van der Waals surface area contributed by atoms with Crippen molar-refractivity contribution in [2.24, 2.45) is 28.6 Å². The molecule has 3 saturated carbocycles. The van der Waals surface area contributed by atoms with Gasteiger partial charge in [0, 0.05) is 31.6 Å². The summed E-state index contributed by atoms with van der Waals surface area (Å²) in [6.45, 7) is 5.89. The van der Waals surface area contributed by atoms with E-state index in [0.29, 0.717) is 36.4 Å². The van der Waals surface area contributed by atoms with E-state index in [1.165, 1.54) is 12.5 Å². The zero-order chi connectivity index (χ0) is 18.0. The molecule has 4 heteroatoms. The Morgan fingerprint density at radius 3 is 2.60 bits per heavy atom. The molecule has 0 saturated heterocycles. The third-order valence-electron chi connectivity index (χ3n) is 8.17. The first-order valence-corrected chi connectivity index (χ1v) is 9.83. The van der Waals surface area contributed by atoms with E-state index in [4.69, 9.17) is 4.74 Å². The quantitative estimate of drug-likeness (QED) is 0.446. The van der Waals surface area contributed by atoms with E-state index in [2.05, 4.69) is 19.9 Å². The van der Waals surface area contributed by atoms with E-state index in [0.717, 1.165) is 38.5 Å². The van der Waals surface area contributed by atoms with Crippen LogP contribution in [0, 0.1) is 28.6 Å². The average Bonchev–Trinajstić information content (AvgIpc) is 2.83. The highest BCUT2D eigenvalue weighted by molar-refractivity contribution is 5.87. The van der Waals surface area contributed by atoms with Gasteiger partial charge in [-0.1, -0.05) is 25.5 Å². The molecule has 1 N–H and O–H groups in total. The van der Waals surface area contributed by atoms with Crippen molar-refractivity contribution in [3.05, 3.63) is 11.6 Å². The predicted molar refractivity (Wildman–Crippen MR) is 93.4 cm³/mol. The topological polar surface area (TPSA) is 63.6 Å². The van der Waals surface area contributed by atoms with E-state index in [1.54, 1.807) is 0 Å². The molecule has 0 radical (unpaired) electrons. The Bertz CT molecular complexity index is 652. The van der Waals surface area contributed by atoms with Gasteiger partial charge in [0.1, 0.15) is 5.78 Å². The number of carbonyl (C=O) groups is 2. The van der Waals surface area contributed by atoms with Crippen LogP contribution in [0.2, 0.25) is 0 Å². The van der Waals surface area contributed by atoms with E-state index in [1.807, 2.05) is 0 Å². The number of fused-ring (bicyclic) bond motifs is 5. The van der Waals surface area contributed by atoms with Gasteiger partial charge in [-0.2, -0.15) is 0 Å². The van der Waals surface area contributed by atoms with Gasteiger partial charge in [-0.05, 0) is 55.3 Å². The fourth-order valence-electron chi connectivity index (χ4n) is 6.74. The standard InChI is InChI=1S/C21H30O4/c1-13(22)25-21(24)11-10-19(2)14(12-21)4-5-15-16-6-7-18(23)20(16,3)9-8-17(15)19/h4,15-17,24H,5-12H2,1-3H3/t15-,16-,17-,19-,20-,21+/m0/s1. The highest BCUT2D eigenvalue weighted by atomic mass is 16.7. The molecule has 3 fully saturated rings. The molecule has 4 aliphatic rings. The van der Waals surface area contributed by atoms with Gasteiger partial charge < -0.3 is 9.84 Å². The monoisotopic (exact) mass is 346 g/mol. The van der Waals surface area contributed by atoms with E-state index < -0.39 is 11.8 Å². The molecule has 0 aromatic carbocycles. The number of allylic oxidation sites excluding steroid dienone is 1. The first-order valence-electron chi connectivity index (χ1n) is 9.83. The summed E-state index contributed by atoms with van der Waals surface area (Å²) < 4.78 is 5.24. The molecule has 4 aliphatic carbocycles. The summed E-state index contributed by atoms with van der Waals surface area (Å²) in [6, 6.07) is 0. The van der Waals surface area contributed by atoms with E-state index >= 15 is 0 Å². The lowest BCUT2D eigenvalue weighted by molar-refractivity contribution is -0.221. The fourth-order valence-corrected chi connectivity index (χ4v) is 6.74. The van der Waals surface area contributed by atoms with E-state index in [-0.39, 0.29) is 10.8 Å². The van der Waals surface area contributed by atoms with Crippen LogP contribution in [0.4, 0.5) is 0 Å². The minimum Gasteiger partial charge on any atom is -0.433 e. The molecule has 0 bridgehead atoms. The molecule has 0 heterocycles. The predicted octanol–water partition coefficient (Wildman–Crippen LogP) is 3.77. The highest BCUT2D eigenvalue weighted by Gasteiger charge is 2.59. The average molecular weight is 346 g/mol. The number of ketones is 1. The second-order valence-electron chi connectivity index (χ2n) is 9.39. The normalized spacial score (nSPS) is 48.9. The van der Waals surface area contributed by atoms with Gasteiger partial charge in [0.2, 0.25) is 5.79 Å².